The summed E-state index contributed by atoms with van der Waals surface area (Å²) in [6.07, 6.45) is 2.86. The van der Waals surface area contributed by atoms with Crippen molar-refractivity contribution in [3.05, 3.63) is 50.4 Å². The smallest absolute Gasteiger partial charge is 0.0770 e. The molecular formula is C13H15BrN2S. The lowest BCUT2D eigenvalue weighted by Crippen LogP contribution is -2.20. The number of rotatable bonds is 4. The van der Waals surface area contributed by atoms with Crippen LogP contribution in [-0.4, -0.2) is 12.0 Å². The summed E-state index contributed by atoms with van der Waals surface area (Å²) in [5, 5.41) is 7.62. The Morgan fingerprint density at radius 3 is 2.88 bits per heavy atom. The number of pyridine rings is 1. The Bertz CT molecular complexity index is 496. The first kappa shape index (κ1) is 12.7. The van der Waals surface area contributed by atoms with Gasteiger partial charge in [0.1, 0.15) is 0 Å². The molecule has 0 radical (unpaired) electrons. The monoisotopic (exact) mass is 310 g/mol. The van der Waals surface area contributed by atoms with Gasteiger partial charge in [0.15, 0.2) is 0 Å². The second-order valence-corrected chi connectivity index (χ2v) is 5.40. The minimum atomic E-state index is 0.159. The zero-order valence-electron chi connectivity index (χ0n) is 9.90. The largest absolute Gasteiger partial charge is 0.308 e. The van der Waals surface area contributed by atoms with E-state index in [0.29, 0.717) is 0 Å². The van der Waals surface area contributed by atoms with Crippen LogP contribution in [0.3, 0.4) is 0 Å². The predicted octanol–water partition coefficient (Wildman–Crippen LogP) is 3.78. The van der Waals surface area contributed by atoms with Crippen LogP contribution in [-0.2, 0) is 6.42 Å². The minimum absolute atomic E-state index is 0.159. The third kappa shape index (κ3) is 2.59. The summed E-state index contributed by atoms with van der Waals surface area (Å²) in [7, 11) is 1.98. The second-order valence-electron chi connectivity index (χ2n) is 3.80. The highest BCUT2D eigenvalue weighted by Gasteiger charge is 2.19. The van der Waals surface area contributed by atoms with Crippen molar-refractivity contribution < 1.29 is 0 Å². The van der Waals surface area contributed by atoms with E-state index in [2.05, 4.69) is 50.0 Å². The topological polar surface area (TPSA) is 24.9 Å². The fourth-order valence-corrected chi connectivity index (χ4v) is 3.50. The lowest BCUT2D eigenvalue weighted by Gasteiger charge is -2.18. The molecule has 0 aromatic carbocycles. The van der Waals surface area contributed by atoms with E-state index in [0.717, 1.165) is 16.6 Å². The van der Waals surface area contributed by atoms with Crippen LogP contribution in [0.1, 0.15) is 29.8 Å². The van der Waals surface area contributed by atoms with Crippen LogP contribution >= 0.6 is 27.3 Å². The van der Waals surface area contributed by atoms with E-state index in [1.54, 1.807) is 11.3 Å². The van der Waals surface area contributed by atoms with Gasteiger partial charge in [0.05, 0.1) is 11.7 Å². The van der Waals surface area contributed by atoms with Gasteiger partial charge in [-0.15, -0.1) is 0 Å². The number of hydrogen-bond donors (Lipinski definition) is 1. The Balaban J connectivity index is 2.46. The maximum Gasteiger partial charge on any atom is 0.0770 e. The first-order chi connectivity index (χ1) is 8.27. The van der Waals surface area contributed by atoms with Crippen LogP contribution < -0.4 is 5.32 Å². The highest BCUT2D eigenvalue weighted by molar-refractivity contribution is 9.10. The van der Waals surface area contributed by atoms with Crippen molar-refractivity contribution in [1.82, 2.24) is 10.3 Å². The lowest BCUT2D eigenvalue weighted by atomic mass is 10.0. The third-order valence-corrected chi connectivity index (χ3v) is 4.57. The molecule has 0 spiro atoms. The van der Waals surface area contributed by atoms with Crippen molar-refractivity contribution in [2.45, 2.75) is 19.4 Å². The van der Waals surface area contributed by atoms with Crippen molar-refractivity contribution in [3.63, 3.8) is 0 Å². The first-order valence-corrected chi connectivity index (χ1v) is 7.34. The SMILES string of the molecule is CCc1cccnc1C(NC)c1cscc1Br. The molecule has 0 aliphatic carbocycles. The summed E-state index contributed by atoms with van der Waals surface area (Å²) in [6, 6.07) is 4.30. The highest BCUT2D eigenvalue weighted by Crippen LogP contribution is 2.31. The number of nitrogens with one attached hydrogen (secondary N) is 1. The molecule has 90 valence electrons. The van der Waals surface area contributed by atoms with Gasteiger partial charge < -0.3 is 5.32 Å². The number of hydrogen-bond acceptors (Lipinski definition) is 3. The van der Waals surface area contributed by atoms with E-state index in [1.165, 1.54) is 11.1 Å². The van der Waals surface area contributed by atoms with E-state index in [-0.39, 0.29) is 6.04 Å². The summed E-state index contributed by atoms with van der Waals surface area (Å²) in [5.41, 5.74) is 3.67. The molecule has 0 saturated carbocycles. The Morgan fingerprint density at radius 1 is 1.47 bits per heavy atom. The molecular weight excluding hydrogens is 296 g/mol. The Morgan fingerprint density at radius 2 is 2.29 bits per heavy atom. The van der Waals surface area contributed by atoms with Crippen molar-refractivity contribution >= 4 is 27.3 Å². The quantitative estimate of drug-likeness (QED) is 0.929. The van der Waals surface area contributed by atoms with Crippen molar-refractivity contribution in [2.24, 2.45) is 0 Å². The van der Waals surface area contributed by atoms with Gasteiger partial charge in [0.2, 0.25) is 0 Å². The molecule has 1 N–H and O–H groups in total. The van der Waals surface area contributed by atoms with Gasteiger partial charge in [-0.05, 0) is 52.0 Å². The summed E-state index contributed by atoms with van der Waals surface area (Å²) in [6.45, 7) is 2.16. The fraction of sp³-hybridized carbons (Fsp3) is 0.308. The molecule has 0 bridgehead atoms. The van der Waals surface area contributed by atoms with Gasteiger partial charge in [-0.2, -0.15) is 11.3 Å². The maximum absolute atomic E-state index is 4.54. The third-order valence-electron chi connectivity index (χ3n) is 2.82. The van der Waals surface area contributed by atoms with E-state index >= 15 is 0 Å². The summed E-state index contributed by atoms with van der Waals surface area (Å²) in [5.74, 6) is 0. The van der Waals surface area contributed by atoms with Gasteiger partial charge in [-0.25, -0.2) is 0 Å². The molecule has 0 saturated heterocycles. The average molecular weight is 311 g/mol. The molecule has 0 fully saturated rings. The fourth-order valence-electron chi connectivity index (χ4n) is 1.95. The molecule has 2 nitrogen and oxygen atoms in total. The van der Waals surface area contributed by atoms with Gasteiger partial charge in [0, 0.05) is 16.0 Å². The van der Waals surface area contributed by atoms with Gasteiger partial charge in [-0.1, -0.05) is 13.0 Å². The molecule has 0 aliphatic rings. The molecule has 17 heavy (non-hydrogen) atoms. The zero-order valence-corrected chi connectivity index (χ0v) is 12.3. The molecule has 2 heterocycles. The summed E-state index contributed by atoms with van der Waals surface area (Å²) in [4.78, 5) is 4.54. The van der Waals surface area contributed by atoms with Crippen molar-refractivity contribution in [1.29, 1.82) is 0 Å². The molecule has 0 amide bonds. The number of thiophene rings is 1. The molecule has 2 rings (SSSR count). The maximum atomic E-state index is 4.54. The predicted molar refractivity (Wildman–Crippen MR) is 76.5 cm³/mol. The number of aromatic nitrogens is 1. The molecule has 1 unspecified atom stereocenters. The summed E-state index contributed by atoms with van der Waals surface area (Å²) < 4.78 is 1.15. The average Bonchev–Trinajstić information content (AvgIpc) is 2.78. The van der Waals surface area contributed by atoms with Crippen LogP contribution in [0.15, 0.2) is 33.6 Å². The molecule has 1 atom stereocenters. The first-order valence-electron chi connectivity index (χ1n) is 5.60. The minimum Gasteiger partial charge on any atom is -0.308 e. The zero-order chi connectivity index (χ0) is 12.3. The van der Waals surface area contributed by atoms with Gasteiger partial charge in [-0.3, -0.25) is 4.98 Å². The van der Waals surface area contributed by atoms with Crippen LogP contribution in [0.5, 0.6) is 0 Å². The Kier molecular flexibility index (Phi) is 4.31. The van der Waals surface area contributed by atoms with E-state index < -0.39 is 0 Å². The van der Waals surface area contributed by atoms with Gasteiger partial charge >= 0.3 is 0 Å². The van der Waals surface area contributed by atoms with Crippen LogP contribution in [0.25, 0.3) is 0 Å². The number of aryl methyl sites for hydroxylation is 1. The standard InChI is InChI=1S/C13H15BrN2S/c1-3-9-5-4-6-16-12(9)13(15-2)10-7-17-8-11(10)14/h4-8,13,15H,3H2,1-2H3. The number of nitrogens with zero attached hydrogens (tertiary/aromatic N) is 1. The van der Waals surface area contributed by atoms with Crippen molar-refractivity contribution in [2.75, 3.05) is 7.05 Å². The number of halogens is 1. The second kappa shape index (κ2) is 5.76. The van der Waals surface area contributed by atoms with Gasteiger partial charge in [0.25, 0.3) is 0 Å². The molecule has 2 aromatic rings. The molecule has 4 heteroatoms. The van der Waals surface area contributed by atoms with E-state index in [9.17, 15) is 0 Å². The van der Waals surface area contributed by atoms with E-state index in [4.69, 9.17) is 0 Å². The van der Waals surface area contributed by atoms with Crippen LogP contribution in [0.4, 0.5) is 0 Å². The Labute approximate surface area is 114 Å². The molecule has 2 aromatic heterocycles. The summed E-state index contributed by atoms with van der Waals surface area (Å²) >= 11 is 5.30. The van der Waals surface area contributed by atoms with Crippen molar-refractivity contribution in [3.8, 4) is 0 Å². The van der Waals surface area contributed by atoms with Crippen LogP contribution in [0.2, 0.25) is 0 Å². The Hall–Kier alpha value is -0.710. The molecule has 0 aliphatic heterocycles. The normalized spacial score (nSPS) is 12.6. The van der Waals surface area contributed by atoms with Crippen LogP contribution in [0, 0.1) is 0 Å². The highest BCUT2D eigenvalue weighted by atomic mass is 79.9. The lowest BCUT2D eigenvalue weighted by molar-refractivity contribution is 0.662. The van der Waals surface area contributed by atoms with E-state index in [1.807, 2.05) is 19.3 Å².